The standard InChI is InChI=1S/C52H36N2.C6H6/c1-4-18-42(19-5-1)53-43-28-30-47-49(34-43)51(40-26-24-36-14-10-12-16-38(36)32-40)48-31-29-46(54(44-20-6-2-7-21-44)45-22-8-3-9-23-45)35-50(48)52(47)41-27-25-37-15-11-13-17-39(37)33-41;1-2-4-6-5-3-1/h1-35,53H;1-6H. The van der Waals surface area contributed by atoms with Gasteiger partial charge in [0.05, 0.1) is 0 Å². The monoisotopic (exact) mass is 766 g/mol. The van der Waals surface area contributed by atoms with E-state index in [0.29, 0.717) is 0 Å². The molecule has 0 atom stereocenters. The zero-order valence-electron chi connectivity index (χ0n) is 33.1. The van der Waals surface area contributed by atoms with Crippen molar-refractivity contribution in [2.45, 2.75) is 0 Å². The summed E-state index contributed by atoms with van der Waals surface area (Å²) in [5.74, 6) is 0. The molecule has 0 unspecified atom stereocenters. The van der Waals surface area contributed by atoms with Gasteiger partial charge in [-0.15, -0.1) is 0 Å². The van der Waals surface area contributed by atoms with Crippen molar-refractivity contribution in [1.82, 2.24) is 0 Å². The molecule has 0 radical (unpaired) electrons. The molecule has 0 heterocycles. The van der Waals surface area contributed by atoms with Gasteiger partial charge in [0.25, 0.3) is 0 Å². The van der Waals surface area contributed by atoms with E-state index in [0.717, 1.165) is 28.4 Å². The highest BCUT2D eigenvalue weighted by Crippen LogP contribution is 2.47. The first-order valence-electron chi connectivity index (χ1n) is 20.5. The summed E-state index contributed by atoms with van der Waals surface area (Å²) in [4.78, 5) is 2.36. The molecule has 11 aromatic rings. The minimum absolute atomic E-state index is 1.05. The predicted octanol–water partition coefficient (Wildman–Crippen LogP) is 16.5. The molecule has 2 heteroatoms. The Labute approximate surface area is 351 Å². The second-order valence-electron chi connectivity index (χ2n) is 15.0. The number of benzene rings is 11. The second-order valence-corrected chi connectivity index (χ2v) is 15.0. The lowest BCUT2D eigenvalue weighted by molar-refractivity contribution is 1.29. The number of hydrogen-bond acceptors (Lipinski definition) is 2. The average molecular weight is 767 g/mol. The van der Waals surface area contributed by atoms with Gasteiger partial charge in [-0.1, -0.05) is 176 Å². The normalized spacial score (nSPS) is 11.0. The SMILES string of the molecule is c1ccc(Nc2ccc3c(-c4ccc5ccccc5c4)c4cc(N(c5ccccc5)c5ccccc5)ccc4c(-c4ccc5ccccc5c4)c3c2)cc1.c1ccccc1. The fraction of sp³-hybridized carbons (Fsp3) is 0. The van der Waals surface area contributed by atoms with Gasteiger partial charge in [-0.05, 0) is 138 Å². The third-order valence-corrected chi connectivity index (χ3v) is 11.2. The van der Waals surface area contributed by atoms with Crippen molar-refractivity contribution in [2.24, 2.45) is 0 Å². The van der Waals surface area contributed by atoms with Crippen LogP contribution in [0, 0.1) is 0 Å². The van der Waals surface area contributed by atoms with Crippen LogP contribution in [-0.4, -0.2) is 0 Å². The Morgan fingerprint density at radius 3 is 1.18 bits per heavy atom. The third kappa shape index (κ3) is 7.35. The summed E-state index contributed by atoms with van der Waals surface area (Å²) in [5.41, 5.74) is 10.3. The highest BCUT2D eigenvalue weighted by Gasteiger charge is 2.21. The minimum Gasteiger partial charge on any atom is -0.356 e. The molecule has 11 rings (SSSR count). The summed E-state index contributed by atoms with van der Waals surface area (Å²) in [5, 5.41) is 13.4. The van der Waals surface area contributed by atoms with Gasteiger partial charge in [-0.2, -0.15) is 0 Å². The van der Waals surface area contributed by atoms with Crippen LogP contribution in [0.15, 0.2) is 249 Å². The number of nitrogens with zero attached hydrogens (tertiary/aromatic N) is 1. The molecular weight excluding hydrogens is 725 g/mol. The summed E-state index contributed by atoms with van der Waals surface area (Å²) in [6, 6.07) is 88.7. The Morgan fingerprint density at radius 1 is 0.250 bits per heavy atom. The van der Waals surface area contributed by atoms with Crippen molar-refractivity contribution in [3.63, 3.8) is 0 Å². The van der Waals surface area contributed by atoms with Gasteiger partial charge in [0.2, 0.25) is 0 Å². The van der Waals surface area contributed by atoms with Crippen molar-refractivity contribution >= 4 is 71.5 Å². The number of nitrogens with one attached hydrogen (secondary N) is 1. The molecule has 0 bridgehead atoms. The first kappa shape index (κ1) is 36.4. The quantitative estimate of drug-likeness (QED) is 0.163. The molecule has 0 saturated carbocycles. The minimum atomic E-state index is 1.05. The Hall–Kier alpha value is -7.94. The predicted molar refractivity (Wildman–Crippen MR) is 258 cm³/mol. The van der Waals surface area contributed by atoms with Gasteiger partial charge in [-0.3, -0.25) is 0 Å². The van der Waals surface area contributed by atoms with Crippen LogP contribution in [0.2, 0.25) is 0 Å². The van der Waals surface area contributed by atoms with Crippen molar-refractivity contribution < 1.29 is 0 Å². The molecule has 0 aromatic heterocycles. The highest BCUT2D eigenvalue weighted by atomic mass is 15.1. The smallest absolute Gasteiger partial charge is 0.0468 e. The largest absolute Gasteiger partial charge is 0.356 e. The summed E-state index contributed by atoms with van der Waals surface area (Å²) in [6.07, 6.45) is 0. The van der Waals surface area contributed by atoms with Gasteiger partial charge in [0, 0.05) is 28.4 Å². The topological polar surface area (TPSA) is 15.3 Å². The van der Waals surface area contributed by atoms with E-state index in [9.17, 15) is 0 Å². The van der Waals surface area contributed by atoms with Crippen LogP contribution < -0.4 is 10.2 Å². The molecule has 0 aliphatic rings. The van der Waals surface area contributed by atoms with E-state index in [-0.39, 0.29) is 0 Å². The van der Waals surface area contributed by atoms with Crippen molar-refractivity contribution in [3.05, 3.63) is 249 Å². The van der Waals surface area contributed by atoms with Crippen molar-refractivity contribution in [2.75, 3.05) is 10.2 Å². The Morgan fingerprint density at radius 2 is 0.667 bits per heavy atom. The lowest BCUT2D eigenvalue weighted by Gasteiger charge is -2.27. The van der Waals surface area contributed by atoms with Crippen LogP contribution >= 0.6 is 0 Å². The molecule has 0 spiro atoms. The van der Waals surface area contributed by atoms with Gasteiger partial charge in [0.1, 0.15) is 0 Å². The zero-order valence-corrected chi connectivity index (χ0v) is 33.1. The molecular formula is C58H42N2. The molecule has 0 fully saturated rings. The van der Waals surface area contributed by atoms with Crippen LogP contribution in [0.3, 0.4) is 0 Å². The van der Waals surface area contributed by atoms with Crippen LogP contribution in [-0.2, 0) is 0 Å². The number of rotatable bonds is 7. The van der Waals surface area contributed by atoms with Crippen molar-refractivity contribution in [1.29, 1.82) is 0 Å². The van der Waals surface area contributed by atoms with E-state index in [1.165, 1.54) is 65.3 Å². The molecule has 2 nitrogen and oxygen atoms in total. The maximum Gasteiger partial charge on any atom is 0.0468 e. The fourth-order valence-electron chi connectivity index (χ4n) is 8.42. The average Bonchev–Trinajstić information content (AvgIpc) is 3.32. The van der Waals surface area contributed by atoms with Gasteiger partial charge < -0.3 is 10.2 Å². The number of para-hydroxylation sites is 3. The molecule has 284 valence electrons. The third-order valence-electron chi connectivity index (χ3n) is 11.2. The molecule has 0 saturated heterocycles. The van der Waals surface area contributed by atoms with Gasteiger partial charge in [-0.25, -0.2) is 0 Å². The first-order valence-corrected chi connectivity index (χ1v) is 20.5. The number of anilines is 5. The Bertz CT molecular complexity index is 3150. The lowest BCUT2D eigenvalue weighted by atomic mass is 9.84. The summed E-state index contributed by atoms with van der Waals surface area (Å²) in [7, 11) is 0. The highest BCUT2D eigenvalue weighted by molar-refractivity contribution is 6.23. The van der Waals surface area contributed by atoms with E-state index in [1.807, 2.05) is 36.4 Å². The van der Waals surface area contributed by atoms with E-state index < -0.39 is 0 Å². The molecule has 1 N–H and O–H groups in total. The van der Waals surface area contributed by atoms with Crippen LogP contribution in [0.5, 0.6) is 0 Å². The summed E-state index contributed by atoms with van der Waals surface area (Å²) < 4.78 is 0. The molecule has 0 amide bonds. The number of hydrogen-bond donors (Lipinski definition) is 1. The zero-order chi connectivity index (χ0) is 40.1. The molecule has 11 aromatic carbocycles. The number of fused-ring (bicyclic) bond motifs is 4. The maximum absolute atomic E-state index is 3.69. The second kappa shape index (κ2) is 16.5. The molecule has 0 aliphatic carbocycles. The van der Waals surface area contributed by atoms with E-state index in [2.05, 4.69) is 223 Å². The Kier molecular flexibility index (Phi) is 10.0. The van der Waals surface area contributed by atoms with E-state index in [4.69, 9.17) is 0 Å². The van der Waals surface area contributed by atoms with Gasteiger partial charge in [0.15, 0.2) is 0 Å². The van der Waals surface area contributed by atoms with Crippen molar-refractivity contribution in [3.8, 4) is 22.3 Å². The van der Waals surface area contributed by atoms with E-state index in [1.54, 1.807) is 0 Å². The van der Waals surface area contributed by atoms with Crippen LogP contribution in [0.1, 0.15) is 0 Å². The van der Waals surface area contributed by atoms with Gasteiger partial charge >= 0.3 is 0 Å². The van der Waals surface area contributed by atoms with Crippen LogP contribution in [0.25, 0.3) is 65.3 Å². The fourth-order valence-corrected chi connectivity index (χ4v) is 8.42. The molecule has 60 heavy (non-hydrogen) atoms. The first-order chi connectivity index (χ1) is 29.8. The lowest BCUT2D eigenvalue weighted by Crippen LogP contribution is -2.09. The summed E-state index contributed by atoms with van der Waals surface area (Å²) >= 11 is 0. The molecule has 0 aliphatic heterocycles. The maximum atomic E-state index is 3.69. The Balaban J connectivity index is 0.000000666. The summed E-state index contributed by atoms with van der Waals surface area (Å²) in [6.45, 7) is 0. The van der Waals surface area contributed by atoms with E-state index >= 15 is 0 Å². The van der Waals surface area contributed by atoms with Crippen LogP contribution in [0.4, 0.5) is 28.4 Å².